The minimum Gasteiger partial charge on any atom is -0.368 e. The molecule has 6 heteroatoms. The number of nitrogens with two attached hydrogens (primary N) is 1. The highest BCUT2D eigenvalue weighted by molar-refractivity contribution is 5.72. The standard InChI is InChI=1S/C12H12N6/c1-17(9-5-3-2-4-6-9)10-11-15-16-12(13)18(11)8-7-14-10/h2-8H,1H3,(H2,13,16). The first-order valence-electron chi connectivity index (χ1n) is 5.51. The lowest BCUT2D eigenvalue weighted by Crippen LogP contribution is -2.12. The van der Waals surface area contributed by atoms with Crippen LogP contribution in [0.1, 0.15) is 0 Å². The summed E-state index contributed by atoms with van der Waals surface area (Å²) in [5, 5.41) is 7.91. The molecule has 1 aromatic carbocycles. The molecule has 0 amide bonds. The van der Waals surface area contributed by atoms with Crippen LogP contribution in [0.2, 0.25) is 0 Å². The number of nitrogens with zero attached hydrogens (tertiary/aromatic N) is 5. The molecule has 0 bridgehead atoms. The van der Waals surface area contributed by atoms with Crippen molar-refractivity contribution in [2.45, 2.75) is 0 Å². The predicted molar refractivity (Wildman–Crippen MR) is 69.7 cm³/mol. The van der Waals surface area contributed by atoms with Crippen LogP contribution >= 0.6 is 0 Å². The Labute approximate surface area is 104 Å². The molecule has 0 aliphatic heterocycles. The summed E-state index contributed by atoms with van der Waals surface area (Å²) < 4.78 is 1.71. The van der Waals surface area contributed by atoms with Crippen LogP contribution in [0.25, 0.3) is 5.65 Å². The summed E-state index contributed by atoms with van der Waals surface area (Å²) in [5.74, 6) is 1.07. The van der Waals surface area contributed by atoms with E-state index >= 15 is 0 Å². The maximum atomic E-state index is 5.73. The Kier molecular flexibility index (Phi) is 2.33. The molecule has 90 valence electrons. The number of benzene rings is 1. The zero-order valence-electron chi connectivity index (χ0n) is 9.85. The average molecular weight is 240 g/mol. The normalized spacial score (nSPS) is 10.7. The molecule has 0 unspecified atom stereocenters. The molecule has 2 aromatic heterocycles. The number of anilines is 3. The summed E-state index contributed by atoms with van der Waals surface area (Å²) in [5.41, 5.74) is 7.39. The fourth-order valence-electron chi connectivity index (χ4n) is 1.84. The molecule has 0 spiro atoms. The van der Waals surface area contributed by atoms with Crippen LogP contribution in [0.3, 0.4) is 0 Å². The van der Waals surface area contributed by atoms with Gasteiger partial charge in [0.15, 0.2) is 5.82 Å². The van der Waals surface area contributed by atoms with Gasteiger partial charge in [-0.1, -0.05) is 18.2 Å². The highest BCUT2D eigenvalue weighted by Gasteiger charge is 2.13. The van der Waals surface area contributed by atoms with E-state index in [4.69, 9.17) is 5.73 Å². The van der Waals surface area contributed by atoms with Gasteiger partial charge >= 0.3 is 0 Å². The highest BCUT2D eigenvalue weighted by Crippen LogP contribution is 2.24. The maximum absolute atomic E-state index is 5.73. The van der Waals surface area contributed by atoms with Crippen LogP contribution in [0.15, 0.2) is 42.7 Å². The van der Waals surface area contributed by atoms with Gasteiger partial charge in [0.1, 0.15) is 0 Å². The van der Waals surface area contributed by atoms with Gasteiger partial charge in [0, 0.05) is 25.1 Å². The SMILES string of the molecule is CN(c1ccccc1)c1nccn2c(N)nnc12. The quantitative estimate of drug-likeness (QED) is 0.734. The van der Waals surface area contributed by atoms with Crippen LogP contribution in [0.4, 0.5) is 17.5 Å². The Morgan fingerprint density at radius 2 is 1.94 bits per heavy atom. The van der Waals surface area contributed by atoms with Crippen LogP contribution in [0.5, 0.6) is 0 Å². The molecule has 0 saturated carbocycles. The van der Waals surface area contributed by atoms with E-state index in [9.17, 15) is 0 Å². The lowest BCUT2D eigenvalue weighted by molar-refractivity contribution is 1.07. The van der Waals surface area contributed by atoms with Gasteiger partial charge in [0.05, 0.1) is 0 Å². The lowest BCUT2D eigenvalue weighted by atomic mass is 10.3. The number of para-hydroxylation sites is 1. The summed E-state index contributed by atoms with van der Waals surface area (Å²) in [6.07, 6.45) is 3.43. The van der Waals surface area contributed by atoms with Crippen molar-refractivity contribution in [2.75, 3.05) is 17.7 Å². The van der Waals surface area contributed by atoms with Gasteiger partial charge in [-0.2, -0.15) is 0 Å². The lowest BCUT2D eigenvalue weighted by Gasteiger charge is -2.18. The second-order valence-corrected chi connectivity index (χ2v) is 3.90. The van der Waals surface area contributed by atoms with Gasteiger partial charge in [-0.3, -0.25) is 4.40 Å². The summed E-state index contributed by atoms with van der Waals surface area (Å²) >= 11 is 0. The first-order valence-corrected chi connectivity index (χ1v) is 5.51. The van der Waals surface area contributed by atoms with Crippen LogP contribution in [0, 0.1) is 0 Å². The minimum atomic E-state index is 0.357. The second kappa shape index (κ2) is 3.99. The van der Waals surface area contributed by atoms with Crippen molar-refractivity contribution in [3.63, 3.8) is 0 Å². The summed E-state index contributed by atoms with van der Waals surface area (Å²) in [7, 11) is 1.93. The third-order valence-corrected chi connectivity index (χ3v) is 2.80. The Morgan fingerprint density at radius 3 is 2.72 bits per heavy atom. The molecule has 2 N–H and O–H groups in total. The van der Waals surface area contributed by atoms with Crippen LogP contribution in [-0.4, -0.2) is 26.6 Å². The molecule has 18 heavy (non-hydrogen) atoms. The highest BCUT2D eigenvalue weighted by atomic mass is 15.3. The van der Waals surface area contributed by atoms with E-state index < -0.39 is 0 Å². The largest absolute Gasteiger partial charge is 0.368 e. The number of aromatic nitrogens is 4. The molecular formula is C12H12N6. The van der Waals surface area contributed by atoms with E-state index in [1.54, 1.807) is 16.8 Å². The molecule has 6 nitrogen and oxygen atoms in total. The van der Waals surface area contributed by atoms with Crippen molar-refractivity contribution in [1.82, 2.24) is 19.6 Å². The van der Waals surface area contributed by atoms with Crippen molar-refractivity contribution in [2.24, 2.45) is 0 Å². The van der Waals surface area contributed by atoms with Crippen LogP contribution in [-0.2, 0) is 0 Å². The van der Waals surface area contributed by atoms with Gasteiger partial charge in [-0.05, 0) is 12.1 Å². The monoisotopic (exact) mass is 240 g/mol. The van der Waals surface area contributed by atoms with Gasteiger partial charge < -0.3 is 10.6 Å². The van der Waals surface area contributed by atoms with Crippen molar-refractivity contribution >= 4 is 23.1 Å². The number of hydrogen-bond acceptors (Lipinski definition) is 5. The minimum absolute atomic E-state index is 0.357. The van der Waals surface area contributed by atoms with E-state index in [-0.39, 0.29) is 0 Å². The van der Waals surface area contributed by atoms with Crippen molar-refractivity contribution in [3.05, 3.63) is 42.7 Å². The third-order valence-electron chi connectivity index (χ3n) is 2.80. The van der Waals surface area contributed by atoms with E-state index in [1.807, 2.05) is 42.3 Å². The second-order valence-electron chi connectivity index (χ2n) is 3.90. The Balaban J connectivity index is 2.15. The Morgan fingerprint density at radius 1 is 1.17 bits per heavy atom. The smallest absolute Gasteiger partial charge is 0.226 e. The molecule has 0 aliphatic carbocycles. The van der Waals surface area contributed by atoms with Gasteiger partial charge in [-0.25, -0.2) is 4.98 Å². The number of nitrogen functional groups attached to an aromatic ring is 1. The van der Waals surface area contributed by atoms with E-state index in [0.717, 1.165) is 5.69 Å². The van der Waals surface area contributed by atoms with Gasteiger partial charge in [0.25, 0.3) is 0 Å². The van der Waals surface area contributed by atoms with Crippen LogP contribution < -0.4 is 10.6 Å². The zero-order chi connectivity index (χ0) is 12.5. The molecule has 0 aliphatic rings. The Bertz CT molecular complexity index is 675. The first kappa shape index (κ1) is 10.5. The Hall–Kier alpha value is -2.63. The molecule has 3 aromatic rings. The number of fused-ring (bicyclic) bond motifs is 1. The summed E-state index contributed by atoms with van der Waals surface area (Å²) in [6.45, 7) is 0. The predicted octanol–water partition coefficient (Wildman–Crippen LogP) is 1.47. The van der Waals surface area contributed by atoms with Gasteiger partial charge in [0.2, 0.25) is 11.6 Å². The van der Waals surface area contributed by atoms with Crippen molar-refractivity contribution in [3.8, 4) is 0 Å². The molecule has 0 saturated heterocycles. The molecular weight excluding hydrogens is 228 g/mol. The number of hydrogen-bond donors (Lipinski definition) is 1. The van der Waals surface area contributed by atoms with E-state index in [2.05, 4.69) is 15.2 Å². The third kappa shape index (κ3) is 1.55. The van der Waals surface area contributed by atoms with E-state index in [0.29, 0.717) is 17.4 Å². The van der Waals surface area contributed by atoms with Crippen molar-refractivity contribution < 1.29 is 0 Å². The zero-order valence-corrected chi connectivity index (χ0v) is 9.85. The summed E-state index contributed by atoms with van der Waals surface area (Å²) in [4.78, 5) is 6.29. The maximum Gasteiger partial charge on any atom is 0.226 e. The average Bonchev–Trinajstić information content (AvgIpc) is 2.81. The first-order chi connectivity index (χ1) is 8.77. The molecule has 3 rings (SSSR count). The topological polar surface area (TPSA) is 72.3 Å². The molecule has 0 fully saturated rings. The van der Waals surface area contributed by atoms with Gasteiger partial charge in [-0.15, -0.1) is 10.2 Å². The number of rotatable bonds is 2. The fraction of sp³-hybridized carbons (Fsp3) is 0.0833. The summed E-state index contributed by atoms with van der Waals surface area (Å²) in [6, 6.07) is 9.94. The fourth-order valence-corrected chi connectivity index (χ4v) is 1.84. The van der Waals surface area contributed by atoms with Crippen molar-refractivity contribution in [1.29, 1.82) is 0 Å². The van der Waals surface area contributed by atoms with E-state index in [1.165, 1.54) is 0 Å². The molecule has 0 atom stereocenters. The molecule has 2 heterocycles. The molecule has 0 radical (unpaired) electrons.